The summed E-state index contributed by atoms with van der Waals surface area (Å²) in [4.78, 5) is 23.8. The lowest BCUT2D eigenvalue weighted by molar-refractivity contribution is -0.166. The van der Waals surface area contributed by atoms with Crippen molar-refractivity contribution in [2.75, 3.05) is 26.4 Å². The normalized spacial score (nSPS) is 11.5. The standard InChI is InChI=1S/C13H22O6/c1-5-16-9-10(12(15)17-6-2)11(14)13(18-7-3)19-8-4/h9,13H,5-8H2,1-4H3/b10-9-. The van der Waals surface area contributed by atoms with Crippen LogP contribution in [0.3, 0.4) is 0 Å². The Labute approximate surface area is 113 Å². The summed E-state index contributed by atoms with van der Waals surface area (Å²) in [6.45, 7) is 7.96. The van der Waals surface area contributed by atoms with E-state index in [-0.39, 0.29) is 12.2 Å². The molecule has 0 aromatic rings. The maximum atomic E-state index is 12.1. The van der Waals surface area contributed by atoms with Crippen molar-refractivity contribution in [1.82, 2.24) is 0 Å². The van der Waals surface area contributed by atoms with E-state index < -0.39 is 18.0 Å². The number of rotatable bonds is 10. The SMILES string of the molecule is CCO/C=C(\C(=O)OCC)C(=O)C(OCC)OCC. The van der Waals surface area contributed by atoms with E-state index in [9.17, 15) is 9.59 Å². The molecule has 0 aliphatic rings. The minimum absolute atomic E-state index is 0.170. The zero-order chi connectivity index (χ0) is 14.7. The first-order valence-corrected chi connectivity index (χ1v) is 6.38. The van der Waals surface area contributed by atoms with Gasteiger partial charge in [0.05, 0.1) is 13.2 Å². The van der Waals surface area contributed by atoms with Gasteiger partial charge in [0.2, 0.25) is 12.1 Å². The van der Waals surface area contributed by atoms with Crippen LogP contribution in [0.1, 0.15) is 27.7 Å². The second-order valence-corrected chi connectivity index (χ2v) is 3.31. The van der Waals surface area contributed by atoms with Gasteiger partial charge in [0, 0.05) is 13.2 Å². The number of carbonyl (C=O) groups is 2. The molecule has 19 heavy (non-hydrogen) atoms. The molecule has 0 aromatic carbocycles. The maximum absolute atomic E-state index is 12.1. The van der Waals surface area contributed by atoms with Gasteiger partial charge in [-0.15, -0.1) is 0 Å². The zero-order valence-corrected chi connectivity index (χ0v) is 11.9. The molecule has 0 atom stereocenters. The Morgan fingerprint density at radius 2 is 1.53 bits per heavy atom. The van der Waals surface area contributed by atoms with Crippen molar-refractivity contribution in [3.63, 3.8) is 0 Å². The van der Waals surface area contributed by atoms with Gasteiger partial charge in [-0.2, -0.15) is 0 Å². The molecule has 0 saturated heterocycles. The van der Waals surface area contributed by atoms with Gasteiger partial charge < -0.3 is 18.9 Å². The molecule has 0 aliphatic heterocycles. The summed E-state index contributed by atoms with van der Waals surface area (Å²) in [5.41, 5.74) is -0.212. The minimum atomic E-state index is -1.12. The topological polar surface area (TPSA) is 71.1 Å². The van der Waals surface area contributed by atoms with Gasteiger partial charge in [0.1, 0.15) is 11.8 Å². The highest BCUT2D eigenvalue weighted by molar-refractivity contribution is 6.18. The number of Topliss-reactive ketones (excluding diaryl/α,β-unsaturated/α-hetero) is 1. The molecule has 6 heteroatoms. The lowest BCUT2D eigenvalue weighted by Crippen LogP contribution is -2.32. The fourth-order valence-electron chi connectivity index (χ4n) is 1.21. The highest BCUT2D eigenvalue weighted by atomic mass is 16.7. The second-order valence-electron chi connectivity index (χ2n) is 3.31. The highest BCUT2D eigenvalue weighted by Crippen LogP contribution is 2.09. The molecule has 0 radical (unpaired) electrons. The number of ether oxygens (including phenoxy) is 4. The Balaban J connectivity index is 5.00. The molecule has 110 valence electrons. The fourth-order valence-corrected chi connectivity index (χ4v) is 1.21. The van der Waals surface area contributed by atoms with Crippen molar-refractivity contribution in [2.45, 2.75) is 34.0 Å². The number of carbonyl (C=O) groups excluding carboxylic acids is 2. The van der Waals surface area contributed by atoms with Crippen LogP contribution in [-0.2, 0) is 28.5 Å². The monoisotopic (exact) mass is 274 g/mol. The first-order chi connectivity index (χ1) is 9.12. The summed E-state index contributed by atoms with van der Waals surface area (Å²) >= 11 is 0. The van der Waals surface area contributed by atoms with Gasteiger partial charge in [-0.05, 0) is 27.7 Å². The van der Waals surface area contributed by atoms with E-state index >= 15 is 0 Å². The van der Waals surface area contributed by atoms with Crippen LogP contribution in [0.15, 0.2) is 11.8 Å². The van der Waals surface area contributed by atoms with Crippen LogP contribution in [0.25, 0.3) is 0 Å². The number of hydrogen-bond donors (Lipinski definition) is 0. The van der Waals surface area contributed by atoms with Crippen molar-refractivity contribution in [3.05, 3.63) is 11.8 Å². The van der Waals surface area contributed by atoms with Gasteiger partial charge in [-0.3, -0.25) is 4.79 Å². The van der Waals surface area contributed by atoms with Crippen molar-refractivity contribution in [1.29, 1.82) is 0 Å². The van der Waals surface area contributed by atoms with Gasteiger partial charge >= 0.3 is 5.97 Å². The minimum Gasteiger partial charge on any atom is -0.500 e. The average molecular weight is 274 g/mol. The van der Waals surface area contributed by atoms with Crippen LogP contribution >= 0.6 is 0 Å². The Bertz CT molecular complexity index is 304. The largest absolute Gasteiger partial charge is 0.500 e. The molecule has 0 unspecified atom stereocenters. The molecule has 0 spiro atoms. The predicted molar refractivity (Wildman–Crippen MR) is 68.4 cm³/mol. The lowest BCUT2D eigenvalue weighted by Gasteiger charge is -2.16. The Hall–Kier alpha value is -1.40. The molecule has 0 heterocycles. The smallest absolute Gasteiger partial charge is 0.345 e. The molecule has 0 aromatic heterocycles. The Morgan fingerprint density at radius 1 is 0.947 bits per heavy atom. The summed E-state index contributed by atoms with van der Waals surface area (Å²) in [5, 5.41) is 0. The van der Waals surface area contributed by atoms with E-state index in [1.807, 2.05) is 0 Å². The van der Waals surface area contributed by atoms with E-state index in [0.717, 1.165) is 6.26 Å². The predicted octanol–water partition coefficient (Wildman–Crippen LogP) is 1.44. The van der Waals surface area contributed by atoms with E-state index in [1.165, 1.54) is 0 Å². The summed E-state index contributed by atoms with van der Waals surface area (Å²) in [5.74, 6) is -1.35. The number of ketones is 1. The first kappa shape index (κ1) is 17.6. The summed E-state index contributed by atoms with van der Waals surface area (Å²) < 4.78 is 20.1. The summed E-state index contributed by atoms with van der Waals surface area (Å²) in [6, 6.07) is 0. The summed E-state index contributed by atoms with van der Waals surface area (Å²) in [7, 11) is 0. The third-order valence-corrected chi connectivity index (χ3v) is 1.98. The van der Waals surface area contributed by atoms with E-state index in [2.05, 4.69) is 0 Å². The molecule has 0 N–H and O–H groups in total. The maximum Gasteiger partial charge on any atom is 0.345 e. The molecular weight excluding hydrogens is 252 g/mol. The molecule has 6 nitrogen and oxygen atoms in total. The zero-order valence-electron chi connectivity index (χ0n) is 11.9. The third kappa shape index (κ3) is 6.35. The van der Waals surface area contributed by atoms with Gasteiger partial charge in [0.15, 0.2) is 0 Å². The Morgan fingerprint density at radius 3 is 1.95 bits per heavy atom. The molecule has 0 bridgehead atoms. The molecule has 0 saturated carbocycles. The Kier molecular flexibility index (Phi) is 9.74. The van der Waals surface area contributed by atoms with Crippen molar-refractivity contribution < 1.29 is 28.5 Å². The van der Waals surface area contributed by atoms with Crippen LogP contribution in [-0.4, -0.2) is 44.5 Å². The summed E-state index contributed by atoms with van der Waals surface area (Å²) in [6.07, 6.45) is -0.0307. The van der Waals surface area contributed by atoms with Crippen LogP contribution in [0.4, 0.5) is 0 Å². The molecule has 0 rings (SSSR count). The van der Waals surface area contributed by atoms with Crippen molar-refractivity contribution in [2.24, 2.45) is 0 Å². The van der Waals surface area contributed by atoms with Gasteiger partial charge in [-0.1, -0.05) is 0 Å². The molecule has 0 aliphatic carbocycles. The quantitative estimate of drug-likeness (QED) is 0.150. The van der Waals surface area contributed by atoms with Gasteiger partial charge in [0.25, 0.3) is 0 Å². The average Bonchev–Trinajstić information content (AvgIpc) is 2.39. The fraction of sp³-hybridized carbons (Fsp3) is 0.692. The number of hydrogen-bond acceptors (Lipinski definition) is 6. The van der Waals surface area contributed by atoms with E-state index in [4.69, 9.17) is 18.9 Å². The van der Waals surface area contributed by atoms with E-state index in [0.29, 0.717) is 19.8 Å². The molecular formula is C13H22O6. The lowest BCUT2D eigenvalue weighted by atomic mass is 10.2. The molecule has 0 amide bonds. The van der Waals surface area contributed by atoms with Crippen LogP contribution in [0.2, 0.25) is 0 Å². The first-order valence-electron chi connectivity index (χ1n) is 6.38. The van der Waals surface area contributed by atoms with Crippen LogP contribution in [0, 0.1) is 0 Å². The van der Waals surface area contributed by atoms with Crippen LogP contribution in [0.5, 0.6) is 0 Å². The highest BCUT2D eigenvalue weighted by Gasteiger charge is 2.29. The third-order valence-electron chi connectivity index (χ3n) is 1.98. The van der Waals surface area contributed by atoms with Crippen molar-refractivity contribution >= 4 is 11.8 Å². The number of esters is 1. The second kappa shape index (κ2) is 10.5. The molecule has 0 fully saturated rings. The van der Waals surface area contributed by atoms with E-state index in [1.54, 1.807) is 27.7 Å². The van der Waals surface area contributed by atoms with Crippen molar-refractivity contribution in [3.8, 4) is 0 Å². The van der Waals surface area contributed by atoms with Gasteiger partial charge in [-0.25, -0.2) is 4.79 Å². The van der Waals surface area contributed by atoms with Crippen LogP contribution < -0.4 is 0 Å².